The standard InChI is InChI=1S/C24H23F3N4O/c25-24(26,27)20-8-4-7-19(17-20)21-11-12-28-23(29-21)31-15-13-30(14-16-31)22(32)10-9-18-5-2-1-3-6-18/h1-8,11-12,17H,9-10,13-16H2. The highest BCUT2D eigenvalue weighted by Crippen LogP contribution is 2.32. The molecule has 5 nitrogen and oxygen atoms in total. The lowest BCUT2D eigenvalue weighted by atomic mass is 10.1. The van der Waals surface area contributed by atoms with Crippen LogP contribution < -0.4 is 4.90 Å². The quantitative estimate of drug-likeness (QED) is 0.589. The number of halogens is 3. The molecule has 4 rings (SSSR count). The van der Waals surface area contributed by atoms with Crippen LogP contribution in [0.5, 0.6) is 0 Å². The van der Waals surface area contributed by atoms with Crippen LogP contribution in [0.15, 0.2) is 66.9 Å². The summed E-state index contributed by atoms with van der Waals surface area (Å²) in [4.78, 5) is 25.1. The molecule has 1 fully saturated rings. The van der Waals surface area contributed by atoms with E-state index in [2.05, 4.69) is 9.97 Å². The summed E-state index contributed by atoms with van der Waals surface area (Å²) in [6.07, 6.45) is -1.68. The second kappa shape index (κ2) is 9.38. The molecule has 8 heteroatoms. The molecule has 2 heterocycles. The van der Waals surface area contributed by atoms with E-state index in [-0.39, 0.29) is 5.91 Å². The minimum Gasteiger partial charge on any atom is -0.339 e. The maximum absolute atomic E-state index is 13.0. The number of carbonyl (C=O) groups is 1. The predicted molar refractivity (Wildman–Crippen MR) is 116 cm³/mol. The van der Waals surface area contributed by atoms with Crippen molar-refractivity contribution in [1.29, 1.82) is 0 Å². The highest BCUT2D eigenvalue weighted by molar-refractivity contribution is 5.76. The van der Waals surface area contributed by atoms with Crippen LogP contribution in [0.2, 0.25) is 0 Å². The molecule has 0 bridgehead atoms. The number of amides is 1. The summed E-state index contributed by atoms with van der Waals surface area (Å²) >= 11 is 0. The van der Waals surface area contributed by atoms with Crippen molar-refractivity contribution in [2.24, 2.45) is 0 Å². The third-order valence-corrected chi connectivity index (χ3v) is 5.51. The summed E-state index contributed by atoms with van der Waals surface area (Å²) in [5, 5.41) is 0. The molecule has 0 radical (unpaired) electrons. The maximum Gasteiger partial charge on any atom is 0.416 e. The molecule has 3 aromatic rings. The van der Waals surface area contributed by atoms with Crippen LogP contribution in [-0.4, -0.2) is 47.0 Å². The molecule has 0 unspecified atom stereocenters. The van der Waals surface area contributed by atoms with Crippen molar-refractivity contribution in [1.82, 2.24) is 14.9 Å². The zero-order chi connectivity index (χ0) is 22.6. The van der Waals surface area contributed by atoms with Gasteiger partial charge in [-0.25, -0.2) is 9.97 Å². The Labute approximate surface area is 184 Å². The van der Waals surface area contributed by atoms with Crippen LogP contribution in [-0.2, 0) is 17.4 Å². The molecule has 1 saturated heterocycles. The zero-order valence-electron chi connectivity index (χ0n) is 17.4. The number of carbonyl (C=O) groups excluding carboxylic acids is 1. The van der Waals surface area contributed by atoms with Gasteiger partial charge in [-0.2, -0.15) is 13.2 Å². The Balaban J connectivity index is 1.37. The van der Waals surface area contributed by atoms with Gasteiger partial charge in [0.05, 0.1) is 11.3 Å². The highest BCUT2D eigenvalue weighted by Gasteiger charge is 2.30. The first-order valence-electron chi connectivity index (χ1n) is 10.5. The molecule has 32 heavy (non-hydrogen) atoms. The lowest BCUT2D eigenvalue weighted by Crippen LogP contribution is -2.49. The molecule has 0 spiro atoms. The Morgan fingerprint density at radius 1 is 0.938 bits per heavy atom. The largest absolute Gasteiger partial charge is 0.416 e. The molecule has 2 aromatic carbocycles. The van der Waals surface area contributed by atoms with Crippen LogP contribution >= 0.6 is 0 Å². The fourth-order valence-corrected chi connectivity index (χ4v) is 3.73. The average Bonchev–Trinajstić information content (AvgIpc) is 2.83. The molecule has 166 valence electrons. The van der Waals surface area contributed by atoms with Gasteiger partial charge in [-0.3, -0.25) is 4.79 Å². The molecule has 1 aromatic heterocycles. The summed E-state index contributed by atoms with van der Waals surface area (Å²) in [6, 6.07) is 16.6. The minimum absolute atomic E-state index is 0.118. The van der Waals surface area contributed by atoms with Crippen molar-refractivity contribution >= 4 is 11.9 Å². The predicted octanol–water partition coefficient (Wildman–Crippen LogP) is 4.44. The van der Waals surface area contributed by atoms with E-state index in [4.69, 9.17) is 0 Å². The minimum atomic E-state index is -4.41. The average molecular weight is 440 g/mol. The third-order valence-electron chi connectivity index (χ3n) is 5.51. The van der Waals surface area contributed by atoms with Gasteiger partial charge in [0.15, 0.2) is 0 Å². The van der Waals surface area contributed by atoms with Gasteiger partial charge in [0.2, 0.25) is 11.9 Å². The normalized spacial score (nSPS) is 14.5. The van der Waals surface area contributed by atoms with Crippen LogP contribution in [0.25, 0.3) is 11.3 Å². The lowest BCUT2D eigenvalue weighted by Gasteiger charge is -2.35. The van der Waals surface area contributed by atoms with Crippen molar-refractivity contribution in [3.05, 3.63) is 78.0 Å². The second-order valence-electron chi connectivity index (χ2n) is 7.67. The molecule has 0 saturated carbocycles. The number of rotatable bonds is 5. The number of alkyl halides is 3. The molecule has 0 atom stereocenters. The molecular weight excluding hydrogens is 417 g/mol. The molecule has 1 amide bonds. The van der Waals surface area contributed by atoms with Gasteiger partial charge < -0.3 is 9.80 Å². The van der Waals surface area contributed by atoms with E-state index in [1.165, 1.54) is 6.07 Å². The number of hydrogen-bond acceptors (Lipinski definition) is 4. The first-order chi connectivity index (χ1) is 15.4. The Kier molecular flexibility index (Phi) is 6.39. The van der Waals surface area contributed by atoms with E-state index in [1.54, 1.807) is 18.3 Å². The van der Waals surface area contributed by atoms with Gasteiger partial charge in [-0.05, 0) is 30.2 Å². The molecule has 1 aliphatic heterocycles. The topological polar surface area (TPSA) is 49.3 Å². The first-order valence-corrected chi connectivity index (χ1v) is 10.5. The number of hydrogen-bond donors (Lipinski definition) is 0. The van der Waals surface area contributed by atoms with Crippen LogP contribution in [0, 0.1) is 0 Å². The van der Waals surface area contributed by atoms with Crippen molar-refractivity contribution in [3.8, 4) is 11.3 Å². The number of nitrogens with zero attached hydrogens (tertiary/aromatic N) is 4. The number of piperazine rings is 1. The first kappa shape index (κ1) is 21.8. The van der Waals surface area contributed by atoms with Crippen molar-refractivity contribution in [2.75, 3.05) is 31.1 Å². The number of anilines is 1. The van der Waals surface area contributed by atoms with Gasteiger partial charge in [0.25, 0.3) is 0 Å². The van der Waals surface area contributed by atoms with Crippen molar-refractivity contribution in [3.63, 3.8) is 0 Å². The van der Waals surface area contributed by atoms with Gasteiger partial charge >= 0.3 is 6.18 Å². The van der Waals surface area contributed by atoms with E-state index in [9.17, 15) is 18.0 Å². The fraction of sp³-hybridized carbons (Fsp3) is 0.292. The third kappa shape index (κ3) is 5.25. The van der Waals surface area contributed by atoms with Crippen molar-refractivity contribution < 1.29 is 18.0 Å². The molecule has 0 N–H and O–H groups in total. The van der Waals surface area contributed by atoms with Crippen LogP contribution in [0.4, 0.5) is 19.1 Å². The van der Waals surface area contributed by atoms with E-state index in [0.29, 0.717) is 56.2 Å². The Hall–Kier alpha value is -3.42. The van der Waals surface area contributed by atoms with Gasteiger partial charge in [-0.15, -0.1) is 0 Å². The summed E-state index contributed by atoms with van der Waals surface area (Å²) in [5.74, 6) is 0.573. The van der Waals surface area contributed by atoms with Gasteiger partial charge in [-0.1, -0.05) is 42.5 Å². The summed E-state index contributed by atoms with van der Waals surface area (Å²) in [7, 11) is 0. The fourth-order valence-electron chi connectivity index (χ4n) is 3.73. The number of aromatic nitrogens is 2. The van der Waals surface area contributed by atoms with E-state index >= 15 is 0 Å². The van der Waals surface area contributed by atoms with Gasteiger partial charge in [0, 0.05) is 44.4 Å². The highest BCUT2D eigenvalue weighted by atomic mass is 19.4. The summed E-state index contributed by atoms with van der Waals surface area (Å²) < 4.78 is 39.1. The monoisotopic (exact) mass is 440 g/mol. The van der Waals surface area contributed by atoms with E-state index in [1.807, 2.05) is 40.1 Å². The van der Waals surface area contributed by atoms with Crippen molar-refractivity contribution in [2.45, 2.75) is 19.0 Å². The van der Waals surface area contributed by atoms with Crippen LogP contribution in [0.3, 0.4) is 0 Å². The maximum atomic E-state index is 13.0. The zero-order valence-corrected chi connectivity index (χ0v) is 17.4. The van der Waals surface area contributed by atoms with Crippen LogP contribution in [0.1, 0.15) is 17.5 Å². The van der Waals surface area contributed by atoms with E-state index in [0.717, 1.165) is 17.7 Å². The van der Waals surface area contributed by atoms with Gasteiger partial charge in [0.1, 0.15) is 0 Å². The second-order valence-corrected chi connectivity index (χ2v) is 7.67. The smallest absolute Gasteiger partial charge is 0.339 e. The number of benzene rings is 2. The Bertz CT molecular complexity index is 1060. The molecule has 0 aliphatic carbocycles. The lowest BCUT2D eigenvalue weighted by molar-refractivity contribution is -0.137. The Morgan fingerprint density at radius 3 is 2.41 bits per heavy atom. The molecule has 1 aliphatic rings. The Morgan fingerprint density at radius 2 is 1.69 bits per heavy atom. The molecular formula is C24H23F3N4O. The van der Waals surface area contributed by atoms with E-state index < -0.39 is 11.7 Å². The summed E-state index contributed by atoms with van der Waals surface area (Å²) in [5.41, 5.74) is 1.25. The summed E-state index contributed by atoms with van der Waals surface area (Å²) in [6.45, 7) is 2.27. The SMILES string of the molecule is O=C(CCc1ccccc1)N1CCN(c2nccc(-c3cccc(C(F)(F)F)c3)n2)CC1. The number of aryl methyl sites for hydroxylation is 1.